The minimum atomic E-state index is -4.94. The standard InChI is InChI=1S/C19H15F3N4O5/c1-11-23-15-4-2-3-5-16(15)25(11)9-18(28)31-10-17(27)24-14-7-6-12(26(29)30)8-13(14)19(20,21)22/h2-8H,9-10H2,1H3,(H,24,27). The average Bonchev–Trinajstić information content (AvgIpc) is 3.01. The number of nitro groups is 1. The van der Waals surface area contributed by atoms with E-state index in [9.17, 15) is 32.9 Å². The third-order valence-electron chi connectivity index (χ3n) is 4.29. The molecule has 0 saturated heterocycles. The van der Waals surface area contributed by atoms with Crippen LogP contribution in [0.15, 0.2) is 42.5 Å². The molecule has 0 aliphatic heterocycles. The van der Waals surface area contributed by atoms with Crippen molar-refractivity contribution in [3.05, 3.63) is 64.0 Å². The maximum atomic E-state index is 13.2. The first-order valence-corrected chi connectivity index (χ1v) is 8.79. The molecule has 1 amide bonds. The molecule has 9 nitrogen and oxygen atoms in total. The van der Waals surface area contributed by atoms with Crippen molar-refractivity contribution in [1.82, 2.24) is 9.55 Å². The molecule has 12 heteroatoms. The van der Waals surface area contributed by atoms with Crippen LogP contribution in [0.3, 0.4) is 0 Å². The molecule has 0 aliphatic carbocycles. The third-order valence-corrected chi connectivity index (χ3v) is 4.29. The number of hydrogen-bond acceptors (Lipinski definition) is 6. The second kappa shape index (κ2) is 8.42. The fourth-order valence-corrected chi connectivity index (χ4v) is 2.89. The third kappa shape index (κ3) is 4.97. The molecule has 0 saturated carbocycles. The largest absolute Gasteiger partial charge is 0.454 e. The Hall–Kier alpha value is -3.96. The number of fused-ring (bicyclic) bond motifs is 1. The number of aromatic nitrogens is 2. The summed E-state index contributed by atoms with van der Waals surface area (Å²) < 4.78 is 45.9. The summed E-state index contributed by atoms with van der Waals surface area (Å²) in [6.07, 6.45) is -4.94. The Bertz CT molecular complexity index is 1170. The Labute approximate surface area is 172 Å². The van der Waals surface area contributed by atoms with Crippen LogP contribution in [0, 0.1) is 17.0 Å². The highest BCUT2D eigenvalue weighted by Gasteiger charge is 2.35. The number of alkyl halides is 3. The Balaban J connectivity index is 1.65. The van der Waals surface area contributed by atoms with Gasteiger partial charge < -0.3 is 14.6 Å². The lowest BCUT2D eigenvalue weighted by Crippen LogP contribution is -2.24. The second-order valence-electron chi connectivity index (χ2n) is 6.43. The van der Waals surface area contributed by atoms with Gasteiger partial charge in [-0.1, -0.05) is 12.1 Å². The van der Waals surface area contributed by atoms with E-state index >= 15 is 0 Å². The molecule has 1 N–H and O–H groups in total. The molecule has 162 valence electrons. The zero-order valence-electron chi connectivity index (χ0n) is 16.0. The number of anilines is 1. The summed E-state index contributed by atoms with van der Waals surface area (Å²) in [4.78, 5) is 38.1. The molecular weight excluding hydrogens is 421 g/mol. The molecule has 0 spiro atoms. The highest BCUT2D eigenvalue weighted by molar-refractivity contribution is 5.93. The number of nitro benzene ring substituents is 1. The number of halogens is 3. The van der Waals surface area contributed by atoms with E-state index in [0.717, 1.165) is 12.1 Å². The van der Waals surface area contributed by atoms with Crippen LogP contribution in [0.5, 0.6) is 0 Å². The number of hydrogen-bond donors (Lipinski definition) is 1. The van der Waals surface area contributed by atoms with E-state index in [4.69, 9.17) is 4.74 Å². The number of non-ortho nitro benzene ring substituents is 1. The van der Waals surface area contributed by atoms with Crippen molar-refractivity contribution in [2.24, 2.45) is 0 Å². The topological polar surface area (TPSA) is 116 Å². The van der Waals surface area contributed by atoms with Crippen molar-refractivity contribution in [1.29, 1.82) is 0 Å². The SMILES string of the molecule is Cc1nc2ccccc2n1CC(=O)OCC(=O)Nc1ccc([N+](=O)[O-])cc1C(F)(F)F. The van der Waals surface area contributed by atoms with Gasteiger partial charge in [-0.25, -0.2) is 4.98 Å². The number of rotatable bonds is 6. The molecule has 31 heavy (non-hydrogen) atoms. The monoisotopic (exact) mass is 436 g/mol. The molecule has 0 fully saturated rings. The number of para-hydroxylation sites is 2. The van der Waals surface area contributed by atoms with Crippen molar-refractivity contribution in [3.63, 3.8) is 0 Å². The molecule has 3 rings (SSSR count). The van der Waals surface area contributed by atoms with E-state index in [2.05, 4.69) is 4.98 Å². The first-order chi connectivity index (χ1) is 14.6. The van der Waals surface area contributed by atoms with Crippen LogP contribution in [-0.4, -0.2) is 33.0 Å². The smallest absolute Gasteiger partial charge is 0.418 e. The molecule has 1 heterocycles. The minimum absolute atomic E-state index is 0.245. The van der Waals surface area contributed by atoms with Crippen molar-refractivity contribution in [2.45, 2.75) is 19.6 Å². The average molecular weight is 436 g/mol. The van der Waals surface area contributed by atoms with E-state index in [1.807, 2.05) is 5.32 Å². The molecule has 0 radical (unpaired) electrons. The number of carbonyl (C=O) groups excluding carboxylic acids is 2. The number of amides is 1. The normalized spacial score (nSPS) is 11.4. The first-order valence-electron chi connectivity index (χ1n) is 8.79. The number of benzene rings is 2. The van der Waals surface area contributed by atoms with E-state index in [1.165, 1.54) is 0 Å². The van der Waals surface area contributed by atoms with Crippen molar-refractivity contribution < 1.29 is 32.4 Å². The Morgan fingerprint density at radius 2 is 1.94 bits per heavy atom. The number of nitrogens with zero attached hydrogens (tertiary/aromatic N) is 3. The van der Waals surface area contributed by atoms with Gasteiger partial charge in [0.1, 0.15) is 12.4 Å². The van der Waals surface area contributed by atoms with Gasteiger partial charge in [-0.3, -0.25) is 19.7 Å². The van der Waals surface area contributed by atoms with Gasteiger partial charge in [-0.15, -0.1) is 0 Å². The maximum absolute atomic E-state index is 13.2. The summed E-state index contributed by atoms with van der Waals surface area (Å²) in [6, 6.07) is 8.97. The van der Waals surface area contributed by atoms with Crippen LogP contribution in [0.1, 0.15) is 11.4 Å². The van der Waals surface area contributed by atoms with Crippen LogP contribution in [0.2, 0.25) is 0 Å². The predicted octanol–water partition coefficient (Wildman–Crippen LogP) is 3.45. The quantitative estimate of drug-likeness (QED) is 0.359. The van der Waals surface area contributed by atoms with Crippen LogP contribution in [0.4, 0.5) is 24.5 Å². The molecule has 0 atom stereocenters. The molecule has 1 aromatic heterocycles. The highest BCUT2D eigenvalue weighted by Crippen LogP contribution is 2.37. The number of ether oxygens (including phenoxy) is 1. The number of aryl methyl sites for hydroxylation is 1. The van der Waals surface area contributed by atoms with Gasteiger partial charge in [0.25, 0.3) is 11.6 Å². The summed E-state index contributed by atoms with van der Waals surface area (Å²) in [5.41, 5.74) is -1.50. The fraction of sp³-hybridized carbons (Fsp3) is 0.211. The van der Waals surface area contributed by atoms with E-state index in [0.29, 0.717) is 22.9 Å². The van der Waals surface area contributed by atoms with Gasteiger partial charge in [0.05, 0.1) is 27.2 Å². The molecule has 0 aliphatic rings. The lowest BCUT2D eigenvalue weighted by Gasteiger charge is -2.14. The number of nitrogens with one attached hydrogen (secondary N) is 1. The Morgan fingerprint density at radius 1 is 1.23 bits per heavy atom. The van der Waals surface area contributed by atoms with Crippen LogP contribution in [0.25, 0.3) is 11.0 Å². The van der Waals surface area contributed by atoms with Crippen LogP contribution >= 0.6 is 0 Å². The number of carbonyl (C=O) groups is 2. The van der Waals surface area contributed by atoms with Crippen molar-refractivity contribution >= 4 is 34.3 Å². The highest BCUT2D eigenvalue weighted by atomic mass is 19.4. The van der Waals surface area contributed by atoms with Crippen LogP contribution in [-0.2, 0) is 27.0 Å². The van der Waals surface area contributed by atoms with Gasteiger partial charge in [-0.2, -0.15) is 13.2 Å². The summed E-state index contributed by atoms with van der Waals surface area (Å²) in [7, 11) is 0. The fourth-order valence-electron chi connectivity index (χ4n) is 2.89. The van der Waals surface area contributed by atoms with E-state index < -0.39 is 46.5 Å². The van der Waals surface area contributed by atoms with Crippen molar-refractivity contribution in [2.75, 3.05) is 11.9 Å². The molecule has 0 bridgehead atoms. The Morgan fingerprint density at radius 3 is 2.61 bits per heavy atom. The zero-order chi connectivity index (χ0) is 22.8. The van der Waals surface area contributed by atoms with Gasteiger partial charge in [0.15, 0.2) is 6.61 Å². The van der Waals surface area contributed by atoms with Gasteiger partial charge in [0, 0.05) is 12.1 Å². The molecular formula is C19H15F3N4O5. The molecule has 0 unspecified atom stereocenters. The van der Waals surface area contributed by atoms with Gasteiger partial charge in [0.2, 0.25) is 0 Å². The van der Waals surface area contributed by atoms with Crippen LogP contribution < -0.4 is 5.32 Å². The number of imidazole rings is 1. The summed E-state index contributed by atoms with van der Waals surface area (Å²) >= 11 is 0. The van der Waals surface area contributed by atoms with E-state index in [-0.39, 0.29) is 6.54 Å². The van der Waals surface area contributed by atoms with E-state index in [1.54, 1.807) is 35.8 Å². The zero-order valence-corrected chi connectivity index (χ0v) is 16.0. The second-order valence-corrected chi connectivity index (χ2v) is 6.43. The summed E-state index contributed by atoms with van der Waals surface area (Å²) in [6.45, 7) is 0.608. The maximum Gasteiger partial charge on any atom is 0.418 e. The summed E-state index contributed by atoms with van der Waals surface area (Å²) in [5.74, 6) is -1.27. The lowest BCUT2D eigenvalue weighted by molar-refractivity contribution is -0.385. The minimum Gasteiger partial charge on any atom is -0.454 e. The van der Waals surface area contributed by atoms with Gasteiger partial charge >= 0.3 is 12.1 Å². The Kier molecular flexibility index (Phi) is 5.90. The molecule has 3 aromatic rings. The first kappa shape index (κ1) is 21.7. The summed E-state index contributed by atoms with van der Waals surface area (Å²) in [5, 5.41) is 12.7. The predicted molar refractivity (Wildman–Crippen MR) is 102 cm³/mol. The molecule has 2 aromatic carbocycles. The van der Waals surface area contributed by atoms with Crippen molar-refractivity contribution in [3.8, 4) is 0 Å². The lowest BCUT2D eigenvalue weighted by atomic mass is 10.1. The number of esters is 1. The van der Waals surface area contributed by atoms with Gasteiger partial charge in [-0.05, 0) is 25.1 Å².